The molecule has 7 heteroatoms. The van der Waals surface area contributed by atoms with Crippen LogP contribution in [0.1, 0.15) is 29.3 Å². The highest BCUT2D eigenvalue weighted by molar-refractivity contribution is 7.38. The highest BCUT2D eigenvalue weighted by Gasteiger charge is 2.12. The van der Waals surface area contributed by atoms with Crippen LogP contribution in [-0.4, -0.2) is 24.2 Å². The summed E-state index contributed by atoms with van der Waals surface area (Å²) in [6, 6.07) is 0. The maximum absolute atomic E-state index is 11.3. The second-order valence-corrected chi connectivity index (χ2v) is 5.16. The van der Waals surface area contributed by atoms with E-state index in [2.05, 4.69) is 4.98 Å². The van der Waals surface area contributed by atoms with E-state index in [4.69, 9.17) is 9.26 Å². The Bertz CT molecular complexity index is 379. The van der Waals surface area contributed by atoms with Crippen LogP contribution in [-0.2, 0) is 20.0 Å². The van der Waals surface area contributed by atoms with Crippen molar-refractivity contribution >= 4 is 25.3 Å². The molecule has 0 aliphatic carbocycles. The third-order valence-corrected chi connectivity index (χ3v) is 3.98. The van der Waals surface area contributed by atoms with Gasteiger partial charge in [-0.05, 0) is 13.8 Å². The summed E-state index contributed by atoms with van der Waals surface area (Å²) in [5.74, 6) is -0.443. The summed E-state index contributed by atoms with van der Waals surface area (Å²) in [5.41, 5.74) is 0.271. The van der Waals surface area contributed by atoms with Crippen molar-refractivity contribution in [3.8, 4) is 0 Å². The Morgan fingerprint density at radius 3 is 2.88 bits per heavy atom. The van der Waals surface area contributed by atoms with Crippen molar-refractivity contribution in [1.29, 1.82) is 0 Å². The van der Waals surface area contributed by atoms with Crippen molar-refractivity contribution in [2.45, 2.75) is 20.0 Å². The zero-order valence-electron chi connectivity index (χ0n) is 9.19. The summed E-state index contributed by atoms with van der Waals surface area (Å²) in [4.78, 5) is 15.3. The van der Waals surface area contributed by atoms with Gasteiger partial charge >= 0.3 is 5.97 Å². The molecule has 5 nitrogen and oxygen atoms in total. The molecule has 0 amide bonds. The summed E-state index contributed by atoms with van der Waals surface area (Å²) in [6.45, 7) is 4.27. The topological polar surface area (TPSA) is 65.5 Å². The highest BCUT2D eigenvalue weighted by Crippen LogP contribution is 2.29. The average molecular weight is 263 g/mol. The Labute approximate surface area is 98.7 Å². The molecule has 0 saturated heterocycles. The maximum atomic E-state index is 11.3. The summed E-state index contributed by atoms with van der Waals surface area (Å²) < 4.78 is 21.1. The SMILES string of the molecule is CCOC(=O)c1csc(C[PH](=O)OCC)n1. The van der Waals surface area contributed by atoms with E-state index in [-0.39, 0.29) is 11.9 Å². The van der Waals surface area contributed by atoms with Crippen molar-refractivity contribution < 1.29 is 18.6 Å². The summed E-state index contributed by atoms with van der Waals surface area (Å²) in [6.07, 6.45) is 0.280. The van der Waals surface area contributed by atoms with Gasteiger partial charge in [-0.15, -0.1) is 11.3 Å². The molecular weight excluding hydrogens is 249 g/mol. The van der Waals surface area contributed by atoms with Crippen LogP contribution in [0.15, 0.2) is 5.38 Å². The standard InChI is InChI=1S/C9H14NO4PS/c1-3-13-9(11)7-6-16-8(10-7)5-15(12)14-4-2/h6,15H,3-5H2,1-2H3. The Kier molecular flexibility index (Phi) is 5.66. The largest absolute Gasteiger partial charge is 0.461 e. The van der Waals surface area contributed by atoms with Gasteiger partial charge in [0.25, 0.3) is 0 Å². The second kappa shape index (κ2) is 6.78. The van der Waals surface area contributed by atoms with E-state index >= 15 is 0 Å². The minimum Gasteiger partial charge on any atom is -0.461 e. The molecule has 90 valence electrons. The molecule has 0 aromatic carbocycles. The Hall–Kier alpha value is -0.710. The van der Waals surface area contributed by atoms with Crippen molar-refractivity contribution in [3.63, 3.8) is 0 Å². The summed E-state index contributed by atoms with van der Waals surface area (Å²) in [7, 11) is -2.07. The van der Waals surface area contributed by atoms with E-state index in [1.165, 1.54) is 11.3 Å². The molecule has 1 unspecified atom stereocenters. The minimum absolute atomic E-state index is 0.271. The van der Waals surface area contributed by atoms with Crippen LogP contribution in [0.25, 0.3) is 0 Å². The van der Waals surface area contributed by atoms with E-state index in [1.54, 1.807) is 19.2 Å². The van der Waals surface area contributed by atoms with E-state index in [9.17, 15) is 9.36 Å². The Balaban J connectivity index is 2.57. The van der Waals surface area contributed by atoms with Crippen LogP contribution in [0.4, 0.5) is 0 Å². The van der Waals surface area contributed by atoms with Gasteiger partial charge < -0.3 is 9.26 Å². The molecular formula is C9H14NO4PS. The number of thiazole rings is 1. The minimum atomic E-state index is -2.07. The fraction of sp³-hybridized carbons (Fsp3) is 0.556. The molecule has 0 radical (unpaired) electrons. The lowest BCUT2D eigenvalue weighted by atomic mass is 10.5. The van der Waals surface area contributed by atoms with Crippen molar-refractivity contribution in [2.75, 3.05) is 13.2 Å². The molecule has 0 spiro atoms. The highest BCUT2D eigenvalue weighted by atomic mass is 32.1. The van der Waals surface area contributed by atoms with Crippen LogP contribution in [0.5, 0.6) is 0 Å². The molecule has 1 rings (SSSR count). The van der Waals surface area contributed by atoms with E-state index in [1.807, 2.05) is 0 Å². The van der Waals surface area contributed by atoms with Gasteiger partial charge in [-0.1, -0.05) is 0 Å². The van der Waals surface area contributed by atoms with Crippen molar-refractivity contribution in [3.05, 3.63) is 16.1 Å². The van der Waals surface area contributed by atoms with Crippen LogP contribution < -0.4 is 0 Å². The summed E-state index contributed by atoms with van der Waals surface area (Å²) >= 11 is 1.29. The van der Waals surface area contributed by atoms with Gasteiger partial charge in [0.05, 0.1) is 19.4 Å². The third-order valence-electron chi connectivity index (χ3n) is 1.64. The van der Waals surface area contributed by atoms with Crippen LogP contribution in [0, 0.1) is 0 Å². The lowest BCUT2D eigenvalue weighted by Gasteiger charge is -1.98. The molecule has 0 bridgehead atoms. The fourth-order valence-corrected chi connectivity index (χ4v) is 3.01. The predicted octanol–water partition coefficient (Wildman–Crippen LogP) is 2.33. The van der Waals surface area contributed by atoms with E-state index in [0.29, 0.717) is 18.2 Å². The Morgan fingerprint density at radius 1 is 1.50 bits per heavy atom. The number of carbonyl (C=O) groups is 1. The van der Waals surface area contributed by atoms with Gasteiger partial charge in [-0.3, -0.25) is 4.57 Å². The number of hydrogen-bond acceptors (Lipinski definition) is 6. The van der Waals surface area contributed by atoms with Crippen LogP contribution in [0.2, 0.25) is 0 Å². The number of hydrogen-bond donors (Lipinski definition) is 0. The predicted molar refractivity (Wildman–Crippen MR) is 62.4 cm³/mol. The fourth-order valence-electron chi connectivity index (χ4n) is 1.03. The number of rotatable bonds is 6. The molecule has 0 aliphatic heterocycles. The summed E-state index contributed by atoms with van der Waals surface area (Å²) in [5, 5.41) is 2.24. The first-order valence-corrected chi connectivity index (χ1v) is 7.34. The number of aromatic nitrogens is 1. The number of esters is 1. The molecule has 1 aromatic heterocycles. The van der Waals surface area contributed by atoms with E-state index < -0.39 is 14.0 Å². The quantitative estimate of drug-likeness (QED) is 0.582. The van der Waals surface area contributed by atoms with Gasteiger partial charge in [0.2, 0.25) is 0 Å². The third kappa shape index (κ3) is 4.04. The average Bonchev–Trinajstić information content (AvgIpc) is 2.67. The van der Waals surface area contributed by atoms with Gasteiger partial charge in [-0.25, -0.2) is 9.78 Å². The molecule has 0 fully saturated rings. The van der Waals surface area contributed by atoms with Gasteiger partial charge in [0.1, 0.15) is 5.01 Å². The van der Waals surface area contributed by atoms with Crippen molar-refractivity contribution in [1.82, 2.24) is 4.98 Å². The normalized spacial score (nSPS) is 12.4. The zero-order chi connectivity index (χ0) is 12.0. The smallest absolute Gasteiger partial charge is 0.357 e. The molecule has 0 aliphatic rings. The number of carbonyl (C=O) groups excluding carboxylic acids is 1. The first kappa shape index (κ1) is 13.4. The molecule has 1 aromatic rings. The lowest BCUT2D eigenvalue weighted by Crippen LogP contribution is -2.04. The first-order chi connectivity index (χ1) is 7.67. The second-order valence-electron chi connectivity index (χ2n) is 2.83. The van der Waals surface area contributed by atoms with Crippen molar-refractivity contribution in [2.24, 2.45) is 0 Å². The molecule has 0 saturated carbocycles. The first-order valence-electron chi connectivity index (χ1n) is 4.94. The monoisotopic (exact) mass is 263 g/mol. The molecule has 16 heavy (non-hydrogen) atoms. The van der Waals surface area contributed by atoms with E-state index in [0.717, 1.165) is 0 Å². The number of nitrogens with zero attached hydrogens (tertiary/aromatic N) is 1. The molecule has 1 atom stereocenters. The van der Waals surface area contributed by atoms with Gasteiger partial charge in [0, 0.05) is 5.38 Å². The van der Waals surface area contributed by atoms with Crippen LogP contribution in [0.3, 0.4) is 0 Å². The number of ether oxygens (including phenoxy) is 1. The maximum Gasteiger partial charge on any atom is 0.357 e. The molecule has 1 heterocycles. The lowest BCUT2D eigenvalue weighted by molar-refractivity contribution is 0.0520. The van der Waals surface area contributed by atoms with Gasteiger partial charge in [-0.2, -0.15) is 0 Å². The molecule has 0 N–H and O–H groups in total. The van der Waals surface area contributed by atoms with Crippen LogP contribution >= 0.6 is 19.4 Å². The van der Waals surface area contributed by atoms with Gasteiger partial charge in [0.15, 0.2) is 13.7 Å². The Morgan fingerprint density at radius 2 is 2.25 bits per heavy atom. The zero-order valence-corrected chi connectivity index (χ0v) is 11.0.